The molecular formula is C30H26N2. The summed E-state index contributed by atoms with van der Waals surface area (Å²) in [5.74, 6) is 0.433. The minimum Gasteiger partial charge on any atom is -0.240 e. The van der Waals surface area contributed by atoms with Crippen molar-refractivity contribution in [2.45, 2.75) is 39.0 Å². The van der Waals surface area contributed by atoms with Gasteiger partial charge in [-0.05, 0) is 56.3 Å². The van der Waals surface area contributed by atoms with E-state index >= 15 is 0 Å². The molecule has 0 unspecified atom stereocenters. The van der Waals surface area contributed by atoms with Crippen LogP contribution in [0, 0.1) is 0 Å². The van der Waals surface area contributed by atoms with Gasteiger partial charge in [-0.3, -0.25) is 0 Å². The maximum Gasteiger partial charge on any atom is 0.116 e. The molecule has 0 amide bonds. The van der Waals surface area contributed by atoms with Crippen molar-refractivity contribution in [1.82, 2.24) is 9.97 Å². The number of hydrogen-bond acceptors (Lipinski definition) is 2. The zero-order chi connectivity index (χ0) is 22.0. The van der Waals surface area contributed by atoms with E-state index in [1.165, 1.54) is 49.4 Å². The Bertz CT molecular complexity index is 1530. The largest absolute Gasteiger partial charge is 0.240 e. The Kier molecular flexibility index (Phi) is 4.04. The van der Waals surface area contributed by atoms with Crippen LogP contribution in [0.4, 0.5) is 0 Å². The number of hydrogen-bond donors (Lipinski definition) is 0. The molecule has 1 aliphatic rings. The second-order valence-electron chi connectivity index (χ2n) is 9.72. The molecule has 32 heavy (non-hydrogen) atoms. The third kappa shape index (κ3) is 2.59. The van der Waals surface area contributed by atoms with Crippen molar-refractivity contribution in [3.05, 3.63) is 95.9 Å². The van der Waals surface area contributed by atoms with Crippen LogP contribution in [-0.2, 0) is 5.41 Å². The van der Waals surface area contributed by atoms with E-state index in [1.807, 2.05) is 0 Å². The summed E-state index contributed by atoms with van der Waals surface area (Å²) >= 11 is 0. The Morgan fingerprint density at radius 3 is 2.25 bits per heavy atom. The van der Waals surface area contributed by atoms with Gasteiger partial charge in [-0.2, -0.15) is 0 Å². The second kappa shape index (κ2) is 6.74. The van der Waals surface area contributed by atoms with Crippen LogP contribution in [0.15, 0.2) is 79.1 Å². The highest BCUT2D eigenvalue weighted by molar-refractivity contribution is 6.01. The minimum absolute atomic E-state index is 0.180. The zero-order valence-corrected chi connectivity index (χ0v) is 19.0. The monoisotopic (exact) mass is 414 g/mol. The minimum atomic E-state index is -0.180. The van der Waals surface area contributed by atoms with Gasteiger partial charge >= 0.3 is 0 Å². The third-order valence-electron chi connectivity index (χ3n) is 7.05. The molecule has 1 aliphatic carbocycles. The summed E-state index contributed by atoms with van der Waals surface area (Å²) in [5.41, 5.74) is 8.31. The van der Waals surface area contributed by atoms with E-state index in [0.717, 1.165) is 11.4 Å². The molecule has 0 fully saturated rings. The highest BCUT2D eigenvalue weighted by Crippen LogP contribution is 2.53. The molecule has 156 valence electrons. The van der Waals surface area contributed by atoms with E-state index in [1.54, 1.807) is 6.33 Å². The lowest BCUT2D eigenvalue weighted by molar-refractivity contribution is 0.640. The van der Waals surface area contributed by atoms with Gasteiger partial charge in [-0.15, -0.1) is 0 Å². The molecule has 1 heterocycles. The van der Waals surface area contributed by atoms with Crippen LogP contribution in [0.2, 0.25) is 0 Å². The predicted octanol–water partition coefficient (Wildman–Crippen LogP) is 7.88. The average Bonchev–Trinajstić information content (AvgIpc) is 3.05. The fourth-order valence-electron chi connectivity index (χ4n) is 5.56. The summed E-state index contributed by atoms with van der Waals surface area (Å²) in [6.07, 6.45) is 1.74. The van der Waals surface area contributed by atoms with E-state index < -0.39 is 0 Å². The molecule has 4 aromatic carbocycles. The van der Waals surface area contributed by atoms with Crippen molar-refractivity contribution in [3.63, 3.8) is 0 Å². The van der Waals surface area contributed by atoms with E-state index in [2.05, 4.69) is 100 Å². The normalized spacial score (nSPS) is 14.2. The molecule has 2 heteroatoms. The number of nitrogens with zero attached hydrogens (tertiary/aromatic N) is 2. The summed E-state index contributed by atoms with van der Waals surface area (Å²) < 4.78 is 0. The van der Waals surface area contributed by atoms with E-state index in [0.29, 0.717) is 5.92 Å². The second-order valence-corrected chi connectivity index (χ2v) is 9.72. The lowest BCUT2D eigenvalue weighted by Gasteiger charge is -2.22. The summed E-state index contributed by atoms with van der Waals surface area (Å²) in [6, 6.07) is 26.5. The molecule has 5 aromatic rings. The van der Waals surface area contributed by atoms with Crippen LogP contribution in [0.5, 0.6) is 0 Å². The summed E-state index contributed by atoms with van der Waals surface area (Å²) in [5, 5.41) is 5.16. The SMILES string of the molecule is CC(C)c1cc(-c2ncnc3c2-c2ccc4ccccc4c2C3(C)C)cc2ccccc12. The Morgan fingerprint density at radius 1 is 0.750 bits per heavy atom. The van der Waals surface area contributed by atoms with Gasteiger partial charge in [-0.1, -0.05) is 88.4 Å². The lowest BCUT2D eigenvalue weighted by Crippen LogP contribution is -2.17. The topological polar surface area (TPSA) is 25.8 Å². The maximum absolute atomic E-state index is 4.86. The first-order chi connectivity index (χ1) is 15.5. The molecule has 0 saturated carbocycles. The van der Waals surface area contributed by atoms with Crippen LogP contribution in [-0.4, -0.2) is 9.97 Å². The zero-order valence-electron chi connectivity index (χ0n) is 19.0. The number of aromatic nitrogens is 2. The quantitative estimate of drug-likeness (QED) is 0.293. The summed E-state index contributed by atoms with van der Waals surface area (Å²) in [6.45, 7) is 9.11. The van der Waals surface area contributed by atoms with E-state index in [-0.39, 0.29) is 5.41 Å². The summed E-state index contributed by atoms with van der Waals surface area (Å²) in [7, 11) is 0. The van der Waals surface area contributed by atoms with Gasteiger partial charge in [0.25, 0.3) is 0 Å². The fourth-order valence-corrected chi connectivity index (χ4v) is 5.56. The lowest BCUT2D eigenvalue weighted by atomic mass is 9.82. The van der Waals surface area contributed by atoms with Gasteiger partial charge in [0.05, 0.1) is 11.4 Å². The van der Waals surface area contributed by atoms with Crippen LogP contribution in [0.3, 0.4) is 0 Å². The van der Waals surface area contributed by atoms with Gasteiger partial charge in [0, 0.05) is 16.5 Å². The molecule has 0 radical (unpaired) electrons. The predicted molar refractivity (Wildman–Crippen MR) is 134 cm³/mol. The van der Waals surface area contributed by atoms with Crippen molar-refractivity contribution in [2.75, 3.05) is 0 Å². The first-order valence-corrected chi connectivity index (χ1v) is 11.4. The number of rotatable bonds is 2. The Morgan fingerprint density at radius 2 is 1.47 bits per heavy atom. The average molecular weight is 415 g/mol. The smallest absolute Gasteiger partial charge is 0.116 e. The van der Waals surface area contributed by atoms with Crippen LogP contribution < -0.4 is 0 Å². The molecule has 0 spiro atoms. The van der Waals surface area contributed by atoms with Crippen molar-refractivity contribution in [1.29, 1.82) is 0 Å². The first-order valence-electron chi connectivity index (χ1n) is 11.4. The Labute approximate surface area is 189 Å². The van der Waals surface area contributed by atoms with Gasteiger partial charge in [0.1, 0.15) is 6.33 Å². The van der Waals surface area contributed by atoms with E-state index in [4.69, 9.17) is 9.97 Å². The van der Waals surface area contributed by atoms with Crippen molar-refractivity contribution < 1.29 is 0 Å². The van der Waals surface area contributed by atoms with Crippen LogP contribution in [0.1, 0.15) is 50.4 Å². The molecule has 6 rings (SSSR count). The molecule has 0 atom stereocenters. The van der Waals surface area contributed by atoms with Crippen molar-refractivity contribution in [2.24, 2.45) is 0 Å². The van der Waals surface area contributed by atoms with Gasteiger partial charge in [0.2, 0.25) is 0 Å². The molecule has 0 bridgehead atoms. The summed E-state index contributed by atoms with van der Waals surface area (Å²) in [4.78, 5) is 9.69. The first kappa shape index (κ1) is 19.2. The molecule has 0 aliphatic heterocycles. The molecular weight excluding hydrogens is 388 g/mol. The number of benzene rings is 4. The Hall–Kier alpha value is -3.52. The maximum atomic E-state index is 4.86. The van der Waals surface area contributed by atoms with Crippen molar-refractivity contribution >= 4 is 21.5 Å². The van der Waals surface area contributed by atoms with E-state index in [9.17, 15) is 0 Å². The van der Waals surface area contributed by atoms with Gasteiger partial charge in [0.15, 0.2) is 0 Å². The van der Waals surface area contributed by atoms with Crippen LogP contribution >= 0.6 is 0 Å². The third-order valence-corrected chi connectivity index (χ3v) is 7.05. The number of fused-ring (bicyclic) bond motifs is 6. The Balaban J connectivity index is 1.69. The fraction of sp³-hybridized carbons (Fsp3) is 0.200. The van der Waals surface area contributed by atoms with Crippen molar-refractivity contribution in [3.8, 4) is 22.4 Å². The highest BCUT2D eigenvalue weighted by Gasteiger charge is 2.40. The van der Waals surface area contributed by atoms with Gasteiger partial charge in [-0.25, -0.2) is 9.97 Å². The van der Waals surface area contributed by atoms with Crippen LogP contribution in [0.25, 0.3) is 43.9 Å². The molecule has 1 aromatic heterocycles. The molecule has 0 saturated heterocycles. The molecule has 0 N–H and O–H groups in total. The highest BCUT2D eigenvalue weighted by atomic mass is 14.9. The standard InChI is InChI=1S/C30H26N2/c1-18(2)25-16-21(15-20-10-6-7-11-22(20)25)28-26-24-14-13-19-9-5-8-12-23(19)27(24)30(3,4)29(26)32-17-31-28/h5-18H,1-4H3. The van der Waals surface area contributed by atoms with Gasteiger partial charge < -0.3 is 0 Å². The molecule has 2 nitrogen and oxygen atoms in total.